The smallest absolute Gasteiger partial charge is 0.303 e. The summed E-state index contributed by atoms with van der Waals surface area (Å²) in [6.45, 7) is 8.10. The van der Waals surface area contributed by atoms with Crippen LogP contribution in [0.1, 0.15) is 74.1 Å². The minimum atomic E-state index is -0.649. The number of nitrogens with zero attached hydrogens (tertiary/aromatic N) is 1. The molecule has 3 aliphatic rings. The molecule has 2 aromatic rings. The number of aliphatic imine (C=N–C) groups is 1. The Bertz CT molecular complexity index is 1120. The van der Waals surface area contributed by atoms with Crippen LogP contribution >= 0.6 is 0 Å². The average Bonchev–Trinajstić information content (AvgIpc) is 3.09. The molecule has 4 nitrogen and oxygen atoms in total. The van der Waals surface area contributed by atoms with Gasteiger partial charge >= 0.3 is 5.97 Å². The van der Waals surface area contributed by atoms with Crippen molar-refractivity contribution in [2.75, 3.05) is 7.11 Å². The fourth-order valence-electron chi connectivity index (χ4n) is 7.56. The first-order chi connectivity index (χ1) is 16.3. The lowest BCUT2D eigenvalue weighted by molar-refractivity contribution is -0.162. The average molecular weight is 460 g/mol. The van der Waals surface area contributed by atoms with Crippen molar-refractivity contribution >= 4 is 17.9 Å². The largest absolute Gasteiger partial charge is 0.497 e. The SMILES string of the molecule is COc1ccc2c(c1)CC[C@@H]1[C@@H]2CC[C@@]2(C)[C@H]1CC[C@]2(C=Nc1c(C)cccc1C)OC(C)=O. The number of carbonyl (C=O) groups is 1. The molecule has 0 bridgehead atoms. The van der Waals surface area contributed by atoms with Gasteiger partial charge in [-0.2, -0.15) is 0 Å². The molecule has 0 heterocycles. The maximum absolute atomic E-state index is 12.4. The van der Waals surface area contributed by atoms with Gasteiger partial charge in [0.2, 0.25) is 0 Å². The van der Waals surface area contributed by atoms with E-state index in [1.54, 1.807) is 14.0 Å². The highest BCUT2D eigenvalue weighted by Crippen LogP contribution is 2.65. The van der Waals surface area contributed by atoms with Gasteiger partial charge in [-0.05, 0) is 105 Å². The van der Waals surface area contributed by atoms with Crippen molar-refractivity contribution in [2.24, 2.45) is 22.2 Å². The molecule has 0 radical (unpaired) electrons. The number of aryl methyl sites for hydroxylation is 3. The minimum absolute atomic E-state index is 0.107. The number of carbonyl (C=O) groups excluding carboxylic acids is 1. The van der Waals surface area contributed by atoms with Crippen LogP contribution in [-0.4, -0.2) is 24.9 Å². The second-order valence-electron chi connectivity index (χ2n) is 11.0. The summed E-state index contributed by atoms with van der Waals surface area (Å²) in [6, 6.07) is 12.9. The maximum Gasteiger partial charge on any atom is 0.303 e. The molecule has 0 aliphatic heterocycles. The van der Waals surface area contributed by atoms with Gasteiger partial charge in [0.1, 0.15) is 5.75 Å². The predicted octanol–water partition coefficient (Wildman–Crippen LogP) is 6.87. The van der Waals surface area contributed by atoms with E-state index in [1.165, 1.54) is 17.5 Å². The fraction of sp³-hybridized carbons (Fsp3) is 0.533. The van der Waals surface area contributed by atoms with Crippen LogP contribution in [0.5, 0.6) is 5.75 Å². The lowest BCUT2D eigenvalue weighted by Gasteiger charge is -2.53. The van der Waals surface area contributed by atoms with E-state index in [0.717, 1.165) is 54.7 Å². The molecule has 0 spiro atoms. The Labute approximate surface area is 203 Å². The highest BCUT2D eigenvalue weighted by atomic mass is 16.6. The van der Waals surface area contributed by atoms with Crippen LogP contribution in [0.2, 0.25) is 0 Å². The van der Waals surface area contributed by atoms with Crippen LogP contribution in [0, 0.1) is 31.1 Å². The molecule has 2 aromatic carbocycles. The Kier molecular flexibility index (Phi) is 5.82. The summed E-state index contributed by atoms with van der Waals surface area (Å²) in [7, 11) is 1.74. The fourth-order valence-corrected chi connectivity index (χ4v) is 7.56. The number of benzene rings is 2. The lowest BCUT2D eigenvalue weighted by Crippen LogP contribution is -2.53. The van der Waals surface area contributed by atoms with Gasteiger partial charge < -0.3 is 9.47 Å². The number of ether oxygens (including phenoxy) is 2. The summed E-state index contributed by atoms with van der Waals surface area (Å²) < 4.78 is 11.7. The zero-order valence-corrected chi connectivity index (χ0v) is 21.2. The number of fused-ring (bicyclic) bond motifs is 5. The van der Waals surface area contributed by atoms with E-state index in [0.29, 0.717) is 17.8 Å². The van der Waals surface area contributed by atoms with Crippen molar-refractivity contribution < 1.29 is 14.3 Å². The first kappa shape index (κ1) is 23.1. The van der Waals surface area contributed by atoms with Crippen molar-refractivity contribution in [1.29, 1.82) is 0 Å². The molecule has 4 heteroatoms. The number of hydrogen-bond donors (Lipinski definition) is 0. The van der Waals surface area contributed by atoms with Gasteiger partial charge in [0.25, 0.3) is 0 Å². The summed E-state index contributed by atoms with van der Waals surface area (Å²) >= 11 is 0. The third-order valence-electron chi connectivity index (χ3n) is 9.28. The summed E-state index contributed by atoms with van der Waals surface area (Å²) in [6.07, 6.45) is 8.38. The molecule has 0 aromatic heterocycles. The van der Waals surface area contributed by atoms with Crippen LogP contribution in [0.4, 0.5) is 5.69 Å². The monoisotopic (exact) mass is 459 g/mol. The first-order valence-electron chi connectivity index (χ1n) is 12.8. The molecule has 2 saturated carbocycles. The van der Waals surface area contributed by atoms with Gasteiger partial charge in [-0.25, -0.2) is 0 Å². The van der Waals surface area contributed by atoms with E-state index < -0.39 is 5.60 Å². The number of rotatable bonds is 4. The third-order valence-corrected chi connectivity index (χ3v) is 9.28. The van der Waals surface area contributed by atoms with Gasteiger partial charge in [0.05, 0.1) is 12.8 Å². The quantitative estimate of drug-likeness (QED) is 0.370. The van der Waals surface area contributed by atoms with Crippen molar-refractivity contribution in [1.82, 2.24) is 0 Å². The molecule has 34 heavy (non-hydrogen) atoms. The van der Waals surface area contributed by atoms with Crippen molar-refractivity contribution in [3.8, 4) is 5.75 Å². The number of hydrogen-bond acceptors (Lipinski definition) is 4. The number of methoxy groups -OCH3 is 1. The van der Waals surface area contributed by atoms with E-state index in [4.69, 9.17) is 14.5 Å². The van der Waals surface area contributed by atoms with Crippen LogP contribution in [-0.2, 0) is 16.0 Å². The van der Waals surface area contributed by atoms with E-state index in [1.807, 2.05) is 6.21 Å². The summed E-state index contributed by atoms with van der Waals surface area (Å²) in [5.41, 5.74) is 5.50. The molecule has 0 unspecified atom stereocenters. The Balaban J connectivity index is 1.50. The zero-order valence-electron chi connectivity index (χ0n) is 21.2. The minimum Gasteiger partial charge on any atom is -0.497 e. The summed E-state index contributed by atoms with van der Waals surface area (Å²) in [4.78, 5) is 17.4. The molecule has 0 amide bonds. The zero-order chi connectivity index (χ0) is 24.1. The van der Waals surface area contributed by atoms with Crippen LogP contribution < -0.4 is 4.74 Å². The highest BCUT2D eigenvalue weighted by molar-refractivity contribution is 5.80. The summed E-state index contributed by atoms with van der Waals surface area (Å²) in [5, 5.41) is 0. The topological polar surface area (TPSA) is 47.9 Å². The molecule has 5 atom stereocenters. The number of para-hydroxylation sites is 1. The van der Waals surface area contributed by atoms with Gasteiger partial charge in [-0.3, -0.25) is 9.79 Å². The molecular formula is C30H37NO3. The van der Waals surface area contributed by atoms with E-state index >= 15 is 0 Å². The predicted molar refractivity (Wildman–Crippen MR) is 136 cm³/mol. The maximum atomic E-state index is 12.4. The second-order valence-corrected chi connectivity index (χ2v) is 11.0. The molecule has 2 fully saturated rings. The highest BCUT2D eigenvalue weighted by Gasteiger charge is 2.63. The Morgan fingerprint density at radius 2 is 1.85 bits per heavy atom. The normalized spacial score (nSPS) is 32.1. The molecule has 0 saturated heterocycles. The van der Waals surface area contributed by atoms with Crippen LogP contribution in [0.15, 0.2) is 41.4 Å². The molecule has 3 aliphatic carbocycles. The van der Waals surface area contributed by atoms with E-state index in [-0.39, 0.29) is 11.4 Å². The Morgan fingerprint density at radius 3 is 2.56 bits per heavy atom. The second kappa shape index (κ2) is 8.55. The third kappa shape index (κ3) is 3.57. The summed E-state index contributed by atoms with van der Waals surface area (Å²) in [5.74, 6) is 2.46. The van der Waals surface area contributed by atoms with Crippen molar-refractivity contribution in [3.63, 3.8) is 0 Å². The van der Waals surface area contributed by atoms with Crippen molar-refractivity contribution in [2.45, 2.75) is 77.7 Å². The standard InChI is InChI=1S/C30H37NO3/c1-19-7-6-8-20(2)28(19)31-18-30(34-21(3)32)16-14-27-26-11-9-22-17-23(33-5)10-12-24(22)25(26)13-15-29(27,30)4/h6-8,10,12,17-18,25-27H,9,11,13-16H2,1-5H3/t25-,26-,27+,29+,30-/m1/s1. The van der Waals surface area contributed by atoms with Crippen molar-refractivity contribution in [3.05, 3.63) is 58.7 Å². The van der Waals surface area contributed by atoms with Crippen LogP contribution in [0.25, 0.3) is 0 Å². The van der Waals surface area contributed by atoms with Gasteiger partial charge in [-0.15, -0.1) is 0 Å². The van der Waals surface area contributed by atoms with E-state index in [2.05, 4.69) is 57.2 Å². The molecule has 5 rings (SSSR count). The Hall–Kier alpha value is -2.62. The lowest BCUT2D eigenvalue weighted by atomic mass is 9.53. The Morgan fingerprint density at radius 1 is 1.09 bits per heavy atom. The molecule has 0 N–H and O–H groups in total. The number of esters is 1. The van der Waals surface area contributed by atoms with Gasteiger partial charge in [0.15, 0.2) is 5.60 Å². The van der Waals surface area contributed by atoms with Crippen LogP contribution in [0.3, 0.4) is 0 Å². The van der Waals surface area contributed by atoms with Gasteiger partial charge in [-0.1, -0.05) is 31.2 Å². The van der Waals surface area contributed by atoms with E-state index in [9.17, 15) is 4.79 Å². The first-order valence-corrected chi connectivity index (χ1v) is 12.8. The van der Waals surface area contributed by atoms with Gasteiger partial charge in [0, 0.05) is 18.6 Å². The molecule has 180 valence electrons. The molecular weight excluding hydrogens is 422 g/mol.